The van der Waals surface area contributed by atoms with Crippen molar-refractivity contribution in [2.45, 2.75) is 26.2 Å². The van der Waals surface area contributed by atoms with Gasteiger partial charge >= 0.3 is 0 Å². The van der Waals surface area contributed by atoms with Crippen molar-refractivity contribution >= 4 is 24.4 Å². The summed E-state index contributed by atoms with van der Waals surface area (Å²) in [5, 5.41) is 16.8. The molecule has 4 N–H and O–H groups in total. The van der Waals surface area contributed by atoms with Crippen LogP contribution < -0.4 is 16.0 Å². The van der Waals surface area contributed by atoms with Crippen LogP contribution in [0.1, 0.15) is 34.6 Å². The van der Waals surface area contributed by atoms with Crippen molar-refractivity contribution in [3.8, 4) is 0 Å². The van der Waals surface area contributed by atoms with Crippen molar-refractivity contribution in [2.75, 3.05) is 38.5 Å². The third-order valence-electron chi connectivity index (χ3n) is 4.89. The van der Waals surface area contributed by atoms with Crippen LogP contribution in [0.15, 0.2) is 29.3 Å². The first-order valence-corrected chi connectivity index (χ1v) is 9.83. The first-order valence-electron chi connectivity index (χ1n) is 9.83. The molecule has 1 aromatic heterocycles. The fourth-order valence-electron chi connectivity index (χ4n) is 3.29. The molecule has 1 aromatic carbocycles. The van der Waals surface area contributed by atoms with Gasteiger partial charge in [-0.15, -0.1) is 0 Å². The number of nitrogens with zero attached hydrogens (tertiary/aromatic N) is 2. The summed E-state index contributed by atoms with van der Waals surface area (Å²) in [4.78, 5) is 14.9. The normalized spacial score (nSPS) is 14.1. The predicted molar refractivity (Wildman–Crippen MR) is 116 cm³/mol. The van der Waals surface area contributed by atoms with Crippen LogP contribution in [-0.4, -0.2) is 56.4 Å². The Morgan fingerprint density at radius 3 is 2.75 bits per heavy atom. The molecule has 7 heteroatoms. The SMILES string of the molecule is C=Nc1ccccc1NCCc1n[nH]c(C)c1C=O.CNCC1CCNCC1. The minimum Gasteiger partial charge on any atom is -0.383 e. The Morgan fingerprint density at radius 2 is 2.07 bits per heavy atom. The minimum atomic E-state index is 0.650. The number of hydrogen-bond acceptors (Lipinski definition) is 6. The molecule has 28 heavy (non-hydrogen) atoms. The number of benzene rings is 1. The summed E-state index contributed by atoms with van der Waals surface area (Å²) in [6, 6.07) is 7.69. The van der Waals surface area contributed by atoms with Crippen LogP contribution in [-0.2, 0) is 6.42 Å². The topological polar surface area (TPSA) is 94.2 Å². The second-order valence-electron chi connectivity index (χ2n) is 6.93. The van der Waals surface area contributed by atoms with Gasteiger partial charge in [-0.1, -0.05) is 12.1 Å². The number of aliphatic imine (C=N–C) groups is 1. The third-order valence-corrected chi connectivity index (χ3v) is 4.89. The average molecular weight is 385 g/mol. The van der Waals surface area contributed by atoms with E-state index in [1.54, 1.807) is 0 Å². The third kappa shape index (κ3) is 6.58. The van der Waals surface area contributed by atoms with E-state index in [1.807, 2.05) is 38.2 Å². The highest BCUT2D eigenvalue weighted by Gasteiger charge is 2.10. The van der Waals surface area contributed by atoms with Gasteiger partial charge in [-0.2, -0.15) is 5.10 Å². The average Bonchev–Trinajstić information content (AvgIpc) is 3.09. The summed E-state index contributed by atoms with van der Waals surface area (Å²) in [6.45, 7) is 9.68. The van der Waals surface area contributed by atoms with E-state index in [0.29, 0.717) is 18.5 Å². The summed E-state index contributed by atoms with van der Waals surface area (Å²) in [7, 11) is 2.03. The number of aromatic nitrogens is 2. The number of piperidine rings is 1. The van der Waals surface area contributed by atoms with Crippen LogP contribution >= 0.6 is 0 Å². The number of rotatable bonds is 8. The van der Waals surface area contributed by atoms with Crippen LogP contribution in [0.4, 0.5) is 11.4 Å². The smallest absolute Gasteiger partial charge is 0.153 e. The number of carbonyl (C=O) groups excluding carboxylic acids is 1. The lowest BCUT2D eigenvalue weighted by molar-refractivity contribution is 0.112. The fourth-order valence-corrected chi connectivity index (χ4v) is 3.29. The number of aromatic amines is 1. The van der Waals surface area contributed by atoms with Crippen molar-refractivity contribution in [3.63, 3.8) is 0 Å². The van der Waals surface area contributed by atoms with Crippen LogP contribution in [0.2, 0.25) is 0 Å². The minimum absolute atomic E-state index is 0.650. The lowest BCUT2D eigenvalue weighted by atomic mass is 9.98. The van der Waals surface area contributed by atoms with Gasteiger partial charge in [0, 0.05) is 18.7 Å². The molecular formula is C21H32N6O. The van der Waals surface area contributed by atoms with Gasteiger partial charge in [0.25, 0.3) is 0 Å². The highest BCUT2D eigenvalue weighted by molar-refractivity contribution is 5.78. The lowest BCUT2D eigenvalue weighted by Crippen LogP contribution is -2.32. The Morgan fingerprint density at radius 1 is 1.32 bits per heavy atom. The van der Waals surface area contributed by atoms with Crippen molar-refractivity contribution in [2.24, 2.45) is 10.9 Å². The fraction of sp³-hybridized carbons (Fsp3) is 0.476. The molecule has 0 amide bonds. The van der Waals surface area contributed by atoms with E-state index in [4.69, 9.17) is 0 Å². The molecule has 1 aliphatic heterocycles. The molecule has 3 rings (SSSR count). The number of para-hydroxylation sites is 2. The van der Waals surface area contributed by atoms with Gasteiger partial charge in [0.2, 0.25) is 0 Å². The molecule has 0 radical (unpaired) electrons. The monoisotopic (exact) mass is 384 g/mol. The molecule has 1 aliphatic rings. The second-order valence-corrected chi connectivity index (χ2v) is 6.93. The van der Waals surface area contributed by atoms with E-state index in [1.165, 1.54) is 32.5 Å². The number of nitrogens with one attached hydrogen (secondary N) is 4. The van der Waals surface area contributed by atoms with E-state index in [0.717, 1.165) is 35.0 Å². The largest absolute Gasteiger partial charge is 0.383 e. The highest BCUT2D eigenvalue weighted by Crippen LogP contribution is 2.23. The molecular weight excluding hydrogens is 352 g/mol. The van der Waals surface area contributed by atoms with Crippen molar-refractivity contribution in [3.05, 3.63) is 41.2 Å². The molecule has 152 valence electrons. The summed E-state index contributed by atoms with van der Waals surface area (Å²) in [5.41, 5.74) is 3.98. The van der Waals surface area contributed by atoms with Gasteiger partial charge in [-0.25, -0.2) is 0 Å². The number of aldehydes is 1. The summed E-state index contributed by atoms with van der Waals surface area (Å²) < 4.78 is 0. The van der Waals surface area contributed by atoms with Crippen LogP contribution in [0.5, 0.6) is 0 Å². The van der Waals surface area contributed by atoms with Crippen LogP contribution in [0.3, 0.4) is 0 Å². The number of carbonyl (C=O) groups is 1. The number of H-pyrrole nitrogens is 1. The van der Waals surface area contributed by atoms with Crippen LogP contribution in [0.25, 0.3) is 0 Å². The van der Waals surface area contributed by atoms with Gasteiger partial charge in [-0.3, -0.25) is 14.9 Å². The Bertz CT molecular complexity index is 733. The number of hydrogen-bond donors (Lipinski definition) is 4. The van der Waals surface area contributed by atoms with Crippen molar-refractivity contribution in [1.82, 2.24) is 20.8 Å². The molecule has 1 fully saturated rings. The second kappa shape index (κ2) is 12.0. The predicted octanol–water partition coefficient (Wildman–Crippen LogP) is 2.72. The zero-order valence-electron chi connectivity index (χ0n) is 16.9. The number of anilines is 1. The van der Waals surface area contributed by atoms with E-state index in [9.17, 15) is 4.79 Å². The molecule has 1 saturated heterocycles. The maximum atomic E-state index is 10.9. The van der Waals surface area contributed by atoms with Crippen molar-refractivity contribution < 1.29 is 4.79 Å². The molecule has 0 bridgehead atoms. The molecule has 7 nitrogen and oxygen atoms in total. The Labute approximate surface area is 167 Å². The first-order chi connectivity index (χ1) is 13.7. The zero-order valence-corrected chi connectivity index (χ0v) is 16.9. The molecule has 0 aliphatic carbocycles. The van der Waals surface area contributed by atoms with E-state index in [-0.39, 0.29) is 0 Å². The van der Waals surface area contributed by atoms with Gasteiger partial charge in [0.05, 0.1) is 22.6 Å². The summed E-state index contributed by atoms with van der Waals surface area (Å²) >= 11 is 0. The maximum absolute atomic E-state index is 10.9. The van der Waals surface area contributed by atoms with Gasteiger partial charge < -0.3 is 16.0 Å². The van der Waals surface area contributed by atoms with Gasteiger partial charge in [0.15, 0.2) is 6.29 Å². The van der Waals surface area contributed by atoms with Crippen LogP contribution in [0, 0.1) is 12.8 Å². The Kier molecular flexibility index (Phi) is 9.37. The molecule has 0 unspecified atom stereocenters. The molecule has 0 saturated carbocycles. The summed E-state index contributed by atoms with van der Waals surface area (Å²) in [6.07, 6.45) is 4.21. The maximum Gasteiger partial charge on any atom is 0.153 e. The Hall–Kier alpha value is -2.51. The molecule has 0 atom stereocenters. The molecule has 2 heterocycles. The standard InChI is InChI=1S/C14H16N4O.C7H16N2/c1-10-11(9-19)12(18-17-10)7-8-16-14-6-4-3-5-13(14)15-2;1-8-6-7-2-4-9-5-3-7/h3-6,9,16H,2,7-8H2,1H3,(H,17,18);7-9H,2-6H2,1H3. The molecule has 2 aromatic rings. The van der Waals surface area contributed by atoms with Gasteiger partial charge in [-0.05, 0) is 71.2 Å². The Balaban J connectivity index is 0.000000261. The van der Waals surface area contributed by atoms with Gasteiger partial charge in [0.1, 0.15) is 0 Å². The molecule has 0 spiro atoms. The van der Waals surface area contributed by atoms with E-state index < -0.39 is 0 Å². The zero-order chi connectivity index (χ0) is 20.2. The summed E-state index contributed by atoms with van der Waals surface area (Å²) in [5.74, 6) is 0.927. The van der Waals surface area contributed by atoms with E-state index >= 15 is 0 Å². The van der Waals surface area contributed by atoms with E-state index in [2.05, 4.69) is 37.9 Å². The lowest BCUT2D eigenvalue weighted by Gasteiger charge is -2.21. The quantitative estimate of drug-likeness (QED) is 0.415. The van der Waals surface area contributed by atoms with Crippen molar-refractivity contribution in [1.29, 1.82) is 0 Å². The number of aryl methyl sites for hydroxylation is 1. The first kappa shape index (κ1) is 21.8. The highest BCUT2D eigenvalue weighted by atomic mass is 16.1.